The lowest BCUT2D eigenvalue weighted by molar-refractivity contribution is 0.768. The van der Waals surface area contributed by atoms with Crippen LogP contribution in [-0.2, 0) is 6.42 Å². The van der Waals surface area contributed by atoms with Gasteiger partial charge in [-0.3, -0.25) is 0 Å². The summed E-state index contributed by atoms with van der Waals surface area (Å²) in [5.74, 6) is 0.428. The molecule has 340 valence electrons. The zero-order chi connectivity index (χ0) is 46.6. The summed E-state index contributed by atoms with van der Waals surface area (Å²) in [6, 6.07) is 62.5. The maximum atomic E-state index is 2.52. The van der Waals surface area contributed by atoms with E-state index in [1.54, 1.807) is 0 Å². The Morgan fingerprint density at radius 2 is 0.971 bits per heavy atom. The fourth-order valence-electron chi connectivity index (χ4n) is 10.8. The first-order chi connectivity index (χ1) is 34.7. The van der Waals surface area contributed by atoms with Crippen molar-refractivity contribution in [2.24, 2.45) is 5.92 Å². The minimum atomic E-state index is 0.0615. The first kappa shape index (κ1) is 43.0. The van der Waals surface area contributed by atoms with Crippen molar-refractivity contribution in [1.82, 2.24) is 0 Å². The topological polar surface area (TPSA) is 13.0 Å². The number of allylic oxidation sites excluding steroid dienone is 12. The van der Waals surface area contributed by atoms with Crippen LogP contribution >= 0.6 is 0 Å². The summed E-state index contributed by atoms with van der Waals surface area (Å²) in [6.07, 6.45) is 38.4. The Bertz CT molecular complexity index is 3330. The molecule has 5 aliphatic carbocycles. The van der Waals surface area contributed by atoms with E-state index in [9.17, 15) is 0 Å². The zero-order valence-electron chi connectivity index (χ0n) is 39.4. The Labute approximate surface area is 413 Å². The normalized spacial score (nSPS) is 17.7. The molecule has 0 heterocycles. The molecular weight excluding hydrogens is 849 g/mol. The average Bonchev–Trinajstić information content (AvgIpc) is 3.43. The van der Waals surface area contributed by atoms with E-state index in [1.165, 1.54) is 50.3 Å². The number of rotatable bonds is 12. The highest BCUT2D eigenvalue weighted by Crippen LogP contribution is 2.42. The molecular formula is C66H56N4. The minimum Gasteiger partial charge on any atom is -0.334 e. The van der Waals surface area contributed by atoms with E-state index in [1.807, 2.05) is 0 Å². The number of anilines is 8. The molecule has 12 rings (SSSR count). The third-order valence-electron chi connectivity index (χ3n) is 14.3. The Kier molecular flexibility index (Phi) is 11.9. The molecule has 0 bridgehead atoms. The summed E-state index contributed by atoms with van der Waals surface area (Å²) in [6.45, 7) is 0. The molecule has 2 atom stereocenters. The van der Waals surface area contributed by atoms with Crippen LogP contribution in [0.2, 0.25) is 0 Å². The largest absolute Gasteiger partial charge is 0.334 e. The highest BCUT2D eigenvalue weighted by molar-refractivity contribution is 5.88. The maximum Gasteiger partial charge on any atom is 0.0561 e. The van der Waals surface area contributed by atoms with Crippen LogP contribution in [0.3, 0.4) is 0 Å². The lowest BCUT2D eigenvalue weighted by atomic mass is 9.87. The van der Waals surface area contributed by atoms with E-state index in [2.05, 4.69) is 275 Å². The fraction of sp³-hybridized carbons (Fsp3) is 0.121. The highest BCUT2D eigenvalue weighted by atomic mass is 15.2. The van der Waals surface area contributed by atoms with Crippen molar-refractivity contribution in [2.45, 2.75) is 44.6 Å². The van der Waals surface area contributed by atoms with Gasteiger partial charge in [0, 0.05) is 68.5 Å². The molecule has 2 unspecified atom stereocenters. The molecule has 7 aromatic rings. The predicted molar refractivity (Wildman–Crippen MR) is 297 cm³/mol. The van der Waals surface area contributed by atoms with Gasteiger partial charge in [0.15, 0.2) is 0 Å². The highest BCUT2D eigenvalue weighted by Gasteiger charge is 2.26. The Hall–Kier alpha value is -8.34. The number of aryl methyl sites for hydroxylation is 1. The standard InChI is InChI=1S/C66H56N4/c1-4-22-55(23-5-1)68(64-31-28-49-16-10-13-19-52(49)46-64)61-40-34-58(35-41-61)67(59-36-42-62(43-37-59)69(56-24-6-2-7-25-56)65-32-29-50-17-11-14-20-53(50)47-65)60-38-44-63(45-39-60)70(57-26-8-3-9-27-57)66-33-30-51-18-12-15-21-54(51)48-66/h1-2,4-8,10-13,15-19,21-27,29-36,38-49,59H,3,9,14,20,28,37H2. The molecule has 4 heteroatoms. The van der Waals surface area contributed by atoms with Crippen molar-refractivity contribution >= 4 is 62.3 Å². The lowest BCUT2D eigenvalue weighted by Gasteiger charge is -2.36. The number of nitrogens with zero attached hydrogens (tertiary/aromatic N) is 4. The second-order valence-corrected chi connectivity index (χ2v) is 18.7. The molecule has 7 aromatic carbocycles. The van der Waals surface area contributed by atoms with Gasteiger partial charge in [0.2, 0.25) is 0 Å². The van der Waals surface area contributed by atoms with Gasteiger partial charge >= 0.3 is 0 Å². The van der Waals surface area contributed by atoms with Gasteiger partial charge in [-0.25, -0.2) is 0 Å². The van der Waals surface area contributed by atoms with Gasteiger partial charge < -0.3 is 19.6 Å². The molecule has 0 fully saturated rings. The van der Waals surface area contributed by atoms with Crippen LogP contribution in [0.1, 0.15) is 43.2 Å². The summed E-state index contributed by atoms with van der Waals surface area (Å²) in [7, 11) is 0. The molecule has 0 saturated carbocycles. The first-order valence-electron chi connectivity index (χ1n) is 25.0. The minimum absolute atomic E-state index is 0.0615. The molecule has 0 spiro atoms. The van der Waals surface area contributed by atoms with Crippen LogP contribution in [0.15, 0.2) is 272 Å². The van der Waals surface area contributed by atoms with E-state index in [0.29, 0.717) is 5.92 Å². The van der Waals surface area contributed by atoms with Crippen LogP contribution in [0.25, 0.3) is 16.8 Å². The molecule has 0 radical (unpaired) electrons. The molecule has 0 saturated heterocycles. The van der Waals surface area contributed by atoms with Crippen molar-refractivity contribution in [3.8, 4) is 0 Å². The number of benzene rings is 7. The van der Waals surface area contributed by atoms with Gasteiger partial charge in [0.1, 0.15) is 0 Å². The molecule has 4 nitrogen and oxygen atoms in total. The second kappa shape index (κ2) is 19.3. The van der Waals surface area contributed by atoms with Crippen molar-refractivity contribution in [3.63, 3.8) is 0 Å². The Balaban J connectivity index is 0.919. The van der Waals surface area contributed by atoms with Gasteiger partial charge in [0.25, 0.3) is 0 Å². The second-order valence-electron chi connectivity index (χ2n) is 18.7. The van der Waals surface area contributed by atoms with Crippen LogP contribution in [0.4, 0.5) is 45.5 Å². The van der Waals surface area contributed by atoms with Crippen molar-refractivity contribution in [1.29, 1.82) is 0 Å². The van der Waals surface area contributed by atoms with Gasteiger partial charge in [-0.05, 0) is 181 Å². The van der Waals surface area contributed by atoms with Crippen molar-refractivity contribution in [3.05, 3.63) is 283 Å². The molecule has 0 N–H and O–H groups in total. The van der Waals surface area contributed by atoms with Crippen LogP contribution < -0.4 is 19.6 Å². The Morgan fingerprint density at radius 3 is 1.66 bits per heavy atom. The molecule has 0 aliphatic heterocycles. The summed E-state index contributed by atoms with van der Waals surface area (Å²) < 4.78 is 0. The van der Waals surface area contributed by atoms with Crippen LogP contribution in [0.5, 0.6) is 0 Å². The molecule has 70 heavy (non-hydrogen) atoms. The van der Waals surface area contributed by atoms with Crippen LogP contribution in [0, 0.1) is 5.92 Å². The monoisotopic (exact) mass is 904 g/mol. The quantitative estimate of drug-likeness (QED) is 0.121. The average molecular weight is 905 g/mol. The van der Waals surface area contributed by atoms with E-state index in [0.717, 1.165) is 78.3 Å². The van der Waals surface area contributed by atoms with Gasteiger partial charge in [-0.2, -0.15) is 0 Å². The van der Waals surface area contributed by atoms with Crippen LogP contribution in [-0.4, -0.2) is 6.04 Å². The number of para-hydroxylation sites is 2. The number of hydrogen-bond acceptors (Lipinski definition) is 4. The van der Waals surface area contributed by atoms with Crippen molar-refractivity contribution in [2.75, 3.05) is 19.6 Å². The first-order valence-corrected chi connectivity index (χ1v) is 25.0. The lowest BCUT2D eigenvalue weighted by Crippen LogP contribution is -2.31. The molecule has 5 aliphatic rings. The molecule has 0 aromatic heterocycles. The summed E-state index contributed by atoms with van der Waals surface area (Å²) >= 11 is 0. The number of hydrogen-bond donors (Lipinski definition) is 0. The van der Waals surface area contributed by atoms with E-state index >= 15 is 0 Å². The van der Waals surface area contributed by atoms with Crippen molar-refractivity contribution < 1.29 is 0 Å². The summed E-state index contributed by atoms with van der Waals surface area (Å²) in [5, 5.41) is 2.48. The fourth-order valence-corrected chi connectivity index (χ4v) is 10.8. The summed E-state index contributed by atoms with van der Waals surface area (Å²) in [4.78, 5) is 9.75. The van der Waals surface area contributed by atoms with Gasteiger partial charge in [-0.1, -0.05) is 140 Å². The van der Waals surface area contributed by atoms with Gasteiger partial charge in [-0.15, -0.1) is 0 Å². The predicted octanol–water partition coefficient (Wildman–Crippen LogP) is 17.5. The SMILES string of the molecule is C1=CC2=CC(N(c3ccccc3)c3ccc(N(c4ccc(N(C5=CCCC=C5)c5ccc6ccccc6c5)cc4)C4C=CC(N(c5ccccc5)c5ccc6c(c5)CCC=C6)=CC4)cc3)=CCC2C=C1. The van der Waals surface area contributed by atoms with E-state index in [4.69, 9.17) is 0 Å². The zero-order valence-corrected chi connectivity index (χ0v) is 39.4. The van der Waals surface area contributed by atoms with Gasteiger partial charge in [0.05, 0.1) is 6.04 Å². The third kappa shape index (κ3) is 8.69. The maximum absolute atomic E-state index is 2.52. The van der Waals surface area contributed by atoms with E-state index in [-0.39, 0.29) is 6.04 Å². The van der Waals surface area contributed by atoms with E-state index < -0.39 is 0 Å². The number of fused-ring (bicyclic) bond motifs is 3. The molecule has 0 amide bonds. The smallest absolute Gasteiger partial charge is 0.0561 e. The summed E-state index contributed by atoms with van der Waals surface area (Å²) in [5.41, 5.74) is 16.8. The Morgan fingerprint density at radius 1 is 0.386 bits per heavy atom. The third-order valence-corrected chi connectivity index (χ3v) is 14.3.